The van der Waals surface area contributed by atoms with Gasteiger partial charge in [0.2, 0.25) is 5.91 Å². The Balaban J connectivity index is 1.34. The van der Waals surface area contributed by atoms with Crippen LogP contribution in [0.5, 0.6) is 0 Å². The molecule has 0 N–H and O–H groups in total. The molecule has 4 heteroatoms. The summed E-state index contributed by atoms with van der Waals surface area (Å²) in [6, 6.07) is 17.1. The molecule has 0 bridgehead atoms. The van der Waals surface area contributed by atoms with Crippen molar-refractivity contribution in [2.45, 2.75) is 31.1 Å². The number of hydrogen-bond acceptors (Lipinski definition) is 2. The first kappa shape index (κ1) is 18.2. The number of nitrogens with zero attached hydrogens (tertiary/aromatic N) is 2. The van der Waals surface area contributed by atoms with E-state index in [1.807, 2.05) is 11.0 Å². The highest BCUT2D eigenvalue weighted by Crippen LogP contribution is 2.45. The van der Waals surface area contributed by atoms with Crippen LogP contribution < -0.4 is 0 Å². The lowest BCUT2D eigenvalue weighted by atomic mass is 9.63. The predicted octanol–water partition coefficient (Wildman–Crippen LogP) is 3.63. The summed E-state index contributed by atoms with van der Waals surface area (Å²) in [7, 11) is 0. The van der Waals surface area contributed by atoms with E-state index >= 15 is 0 Å². The van der Waals surface area contributed by atoms with Crippen LogP contribution in [0.2, 0.25) is 0 Å². The number of piperazine rings is 1. The van der Waals surface area contributed by atoms with Crippen molar-refractivity contribution < 1.29 is 9.18 Å². The molecule has 142 valence electrons. The van der Waals surface area contributed by atoms with Crippen molar-refractivity contribution in [1.29, 1.82) is 0 Å². The number of carbonyl (C=O) groups is 1. The maximum absolute atomic E-state index is 13.3. The predicted molar refractivity (Wildman–Crippen MR) is 105 cm³/mol. The molecule has 0 spiro atoms. The second-order valence-electron chi connectivity index (χ2n) is 7.81. The van der Waals surface area contributed by atoms with Crippen molar-refractivity contribution in [2.24, 2.45) is 0 Å². The van der Waals surface area contributed by atoms with Gasteiger partial charge in [-0.25, -0.2) is 4.39 Å². The fourth-order valence-electron chi connectivity index (χ4n) is 4.33. The van der Waals surface area contributed by atoms with Crippen molar-refractivity contribution in [1.82, 2.24) is 9.80 Å². The normalized spacial score (nSPS) is 19.5. The van der Waals surface area contributed by atoms with Crippen molar-refractivity contribution in [3.05, 3.63) is 71.5 Å². The maximum Gasteiger partial charge on any atom is 0.233 e. The third-order valence-electron chi connectivity index (χ3n) is 6.23. The Labute approximate surface area is 160 Å². The molecule has 1 saturated carbocycles. The summed E-state index contributed by atoms with van der Waals surface area (Å²) in [4.78, 5) is 17.8. The van der Waals surface area contributed by atoms with Gasteiger partial charge in [-0.3, -0.25) is 9.69 Å². The third-order valence-corrected chi connectivity index (χ3v) is 6.23. The standard InChI is InChI=1S/C23H27FN2O/c24-21-9-7-20(8-10-21)23(12-4-13-23)22(27)26-17-15-25(16-18-26)14-11-19-5-2-1-3-6-19/h1-3,5-10H,4,11-18H2. The molecule has 0 aromatic heterocycles. The first-order valence-electron chi connectivity index (χ1n) is 9.99. The first-order valence-corrected chi connectivity index (χ1v) is 9.99. The minimum atomic E-state index is -0.417. The van der Waals surface area contributed by atoms with Crippen LogP contribution in [0.4, 0.5) is 4.39 Å². The van der Waals surface area contributed by atoms with Gasteiger partial charge in [0.1, 0.15) is 5.82 Å². The fourth-order valence-corrected chi connectivity index (χ4v) is 4.33. The van der Waals surface area contributed by atoms with Crippen LogP contribution in [0.1, 0.15) is 30.4 Å². The fraction of sp³-hybridized carbons (Fsp3) is 0.435. The summed E-state index contributed by atoms with van der Waals surface area (Å²) in [5.74, 6) is -0.00392. The van der Waals surface area contributed by atoms with Gasteiger partial charge in [-0.1, -0.05) is 48.9 Å². The second kappa shape index (κ2) is 7.81. The second-order valence-corrected chi connectivity index (χ2v) is 7.81. The highest BCUT2D eigenvalue weighted by molar-refractivity contribution is 5.89. The maximum atomic E-state index is 13.3. The summed E-state index contributed by atoms with van der Waals surface area (Å²) >= 11 is 0. The first-order chi connectivity index (χ1) is 13.2. The summed E-state index contributed by atoms with van der Waals surface area (Å²) in [5, 5.41) is 0. The van der Waals surface area contributed by atoms with Gasteiger partial charge in [-0.2, -0.15) is 0 Å². The monoisotopic (exact) mass is 366 g/mol. The van der Waals surface area contributed by atoms with Crippen LogP contribution in [-0.4, -0.2) is 48.4 Å². The average Bonchev–Trinajstić information content (AvgIpc) is 2.68. The molecule has 27 heavy (non-hydrogen) atoms. The highest BCUT2D eigenvalue weighted by atomic mass is 19.1. The number of rotatable bonds is 5. The van der Waals surface area contributed by atoms with E-state index < -0.39 is 5.41 Å². The van der Waals surface area contributed by atoms with E-state index in [0.717, 1.165) is 64.0 Å². The minimum absolute atomic E-state index is 0.239. The molecule has 0 unspecified atom stereocenters. The van der Waals surface area contributed by atoms with E-state index in [2.05, 4.69) is 29.2 Å². The number of amides is 1. The smallest absolute Gasteiger partial charge is 0.233 e. The number of benzene rings is 2. The van der Waals surface area contributed by atoms with Crippen molar-refractivity contribution in [2.75, 3.05) is 32.7 Å². The zero-order valence-corrected chi connectivity index (χ0v) is 15.7. The van der Waals surface area contributed by atoms with Crippen LogP contribution in [0, 0.1) is 5.82 Å². The molecule has 1 heterocycles. The lowest BCUT2D eigenvalue weighted by Crippen LogP contribution is -2.56. The van der Waals surface area contributed by atoms with Gasteiger partial charge in [-0.15, -0.1) is 0 Å². The Morgan fingerprint density at radius 2 is 1.59 bits per heavy atom. The van der Waals surface area contributed by atoms with Crippen LogP contribution in [0.3, 0.4) is 0 Å². The van der Waals surface area contributed by atoms with Crippen molar-refractivity contribution >= 4 is 5.91 Å². The molecule has 0 radical (unpaired) electrons. The molecule has 3 nitrogen and oxygen atoms in total. The number of hydrogen-bond donors (Lipinski definition) is 0. The SMILES string of the molecule is O=C(N1CCN(CCc2ccccc2)CC1)C1(c2ccc(F)cc2)CCC1. The molecule has 1 saturated heterocycles. The van der Waals surface area contributed by atoms with Gasteiger partial charge >= 0.3 is 0 Å². The summed E-state index contributed by atoms with van der Waals surface area (Å²) < 4.78 is 13.3. The number of halogens is 1. The molecular weight excluding hydrogens is 339 g/mol. The minimum Gasteiger partial charge on any atom is -0.339 e. The summed E-state index contributed by atoms with van der Waals surface area (Å²) in [6.07, 6.45) is 3.88. The van der Waals surface area contributed by atoms with Gasteiger partial charge in [-0.05, 0) is 42.5 Å². The number of carbonyl (C=O) groups excluding carboxylic acids is 1. The molecule has 2 fully saturated rings. The lowest BCUT2D eigenvalue weighted by Gasteiger charge is -2.46. The highest BCUT2D eigenvalue weighted by Gasteiger charge is 2.47. The van der Waals surface area contributed by atoms with Crippen LogP contribution in [-0.2, 0) is 16.6 Å². The van der Waals surface area contributed by atoms with E-state index in [1.165, 1.54) is 17.7 Å². The van der Waals surface area contributed by atoms with Crippen molar-refractivity contribution in [3.8, 4) is 0 Å². The Kier molecular flexibility index (Phi) is 5.26. The summed E-state index contributed by atoms with van der Waals surface area (Å²) in [5.41, 5.74) is 1.92. The van der Waals surface area contributed by atoms with Gasteiger partial charge in [0.15, 0.2) is 0 Å². The molecule has 0 atom stereocenters. The van der Waals surface area contributed by atoms with Gasteiger partial charge < -0.3 is 4.90 Å². The molecule has 4 rings (SSSR count). The van der Waals surface area contributed by atoms with E-state index in [-0.39, 0.29) is 11.7 Å². The van der Waals surface area contributed by atoms with Crippen LogP contribution in [0.15, 0.2) is 54.6 Å². The molecule has 2 aromatic rings. The topological polar surface area (TPSA) is 23.6 Å². The third kappa shape index (κ3) is 3.77. The molecule has 2 aliphatic rings. The Bertz CT molecular complexity index is 763. The zero-order valence-electron chi connectivity index (χ0n) is 15.7. The molecule has 1 aliphatic carbocycles. The Hall–Kier alpha value is -2.20. The Morgan fingerprint density at radius 1 is 0.926 bits per heavy atom. The van der Waals surface area contributed by atoms with Gasteiger partial charge in [0.05, 0.1) is 5.41 Å². The van der Waals surface area contributed by atoms with E-state index in [4.69, 9.17) is 0 Å². The van der Waals surface area contributed by atoms with E-state index in [0.29, 0.717) is 0 Å². The van der Waals surface area contributed by atoms with Crippen LogP contribution >= 0.6 is 0 Å². The molecule has 1 aliphatic heterocycles. The average molecular weight is 366 g/mol. The molecule has 2 aromatic carbocycles. The summed E-state index contributed by atoms with van der Waals surface area (Å²) in [6.45, 7) is 4.47. The van der Waals surface area contributed by atoms with Gasteiger partial charge in [0.25, 0.3) is 0 Å². The van der Waals surface area contributed by atoms with E-state index in [1.54, 1.807) is 12.1 Å². The Morgan fingerprint density at radius 3 is 2.19 bits per heavy atom. The molecular formula is C23H27FN2O. The van der Waals surface area contributed by atoms with Crippen molar-refractivity contribution in [3.63, 3.8) is 0 Å². The zero-order chi connectivity index (χ0) is 18.7. The van der Waals surface area contributed by atoms with E-state index in [9.17, 15) is 9.18 Å². The lowest BCUT2D eigenvalue weighted by molar-refractivity contribution is -0.142. The molecule has 1 amide bonds. The van der Waals surface area contributed by atoms with Gasteiger partial charge in [0, 0.05) is 32.7 Å². The quantitative estimate of drug-likeness (QED) is 0.807. The van der Waals surface area contributed by atoms with Crippen LogP contribution in [0.25, 0.3) is 0 Å². The largest absolute Gasteiger partial charge is 0.339 e.